The van der Waals surface area contributed by atoms with Gasteiger partial charge in [-0.3, -0.25) is 0 Å². The molecule has 7 heteroatoms. The van der Waals surface area contributed by atoms with Gasteiger partial charge in [-0.05, 0) is 33.6 Å². The third-order valence-corrected chi connectivity index (χ3v) is 3.79. The number of carbonyl (C=O) groups excluding carboxylic acids is 1. The number of nitrogen functional groups attached to an aromatic ring is 1. The van der Waals surface area contributed by atoms with E-state index in [1.165, 1.54) is 6.07 Å². The van der Waals surface area contributed by atoms with E-state index in [4.69, 9.17) is 22.1 Å². The first kappa shape index (κ1) is 16.8. The van der Waals surface area contributed by atoms with Gasteiger partial charge in [0.2, 0.25) is 0 Å². The van der Waals surface area contributed by atoms with Crippen LogP contribution in [-0.4, -0.2) is 34.7 Å². The van der Waals surface area contributed by atoms with Gasteiger partial charge in [-0.2, -0.15) is 0 Å². The lowest BCUT2D eigenvalue weighted by Gasteiger charge is -2.33. The number of nitrogens with two attached hydrogens (primary N) is 1. The van der Waals surface area contributed by atoms with E-state index >= 15 is 0 Å². The van der Waals surface area contributed by atoms with Crippen molar-refractivity contribution in [2.24, 2.45) is 0 Å². The van der Waals surface area contributed by atoms with Crippen LogP contribution < -0.4 is 5.73 Å². The molecule has 0 spiro atoms. The molecule has 1 aliphatic rings. The monoisotopic (exact) mass is 329 g/mol. The summed E-state index contributed by atoms with van der Waals surface area (Å²) in [6.45, 7) is 6.61. The molecule has 22 heavy (non-hydrogen) atoms. The number of hydrogen-bond acceptors (Lipinski definition) is 4. The summed E-state index contributed by atoms with van der Waals surface area (Å²) in [7, 11) is 0. The Bertz CT molecular complexity index is 567. The lowest BCUT2D eigenvalue weighted by molar-refractivity contribution is 0.0204. The van der Waals surface area contributed by atoms with E-state index in [0.717, 1.165) is 0 Å². The second-order valence-corrected chi connectivity index (χ2v) is 6.84. The zero-order chi connectivity index (χ0) is 16.5. The molecule has 1 aromatic rings. The lowest BCUT2D eigenvalue weighted by Crippen LogP contribution is -2.41. The molecule has 0 aromatic carbocycles. The number of carbonyl (C=O) groups is 1. The third kappa shape index (κ3) is 4.00. The smallest absolute Gasteiger partial charge is 0.410 e. The first-order chi connectivity index (χ1) is 10.2. The van der Waals surface area contributed by atoms with Gasteiger partial charge >= 0.3 is 6.09 Å². The van der Waals surface area contributed by atoms with Crippen molar-refractivity contribution < 1.29 is 13.9 Å². The van der Waals surface area contributed by atoms with Crippen LogP contribution in [-0.2, 0) is 4.74 Å². The average molecular weight is 330 g/mol. The Morgan fingerprint density at radius 2 is 2.05 bits per heavy atom. The van der Waals surface area contributed by atoms with Gasteiger partial charge in [0.1, 0.15) is 5.60 Å². The van der Waals surface area contributed by atoms with Crippen LogP contribution in [0.3, 0.4) is 0 Å². The summed E-state index contributed by atoms with van der Waals surface area (Å²) >= 11 is 5.73. The molecule has 5 nitrogen and oxygen atoms in total. The molecule has 122 valence electrons. The van der Waals surface area contributed by atoms with Crippen molar-refractivity contribution in [3.63, 3.8) is 0 Å². The number of rotatable bonds is 1. The maximum atomic E-state index is 13.3. The summed E-state index contributed by atoms with van der Waals surface area (Å²) in [6, 6.07) is 1.20. The lowest BCUT2D eigenvalue weighted by atomic mass is 9.92. The summed E-state index contributed by atoms with van der Waals surface area (Å²) in [5.74, 6) is -0.550. The molecule has 0 unspecified atom stereocenters. The van der Waals surface area contributed by atoms with Gasteiger partial charge in [0.05, 0.1) is 11.4 Å². The Hall–Kier alpha value is -1.56. The van der Waals surface area contributed by atoms with Crippen molar-refractivity contribution in [3.05, 3.63) is 22.7 Å². The molecule has 0 saturated carbocycles. The maximum Gasteiger partial charge on any atom is 0.410 e. The SMILES string of the molecule is CC(C)(C)OC(=O)N1CCC(c2nc(Cl)c(F)cc2N)CC1. The zero-order valence-corrected chi connectivity index (χ0v) is 13.8. The van der Waals surface area contributed by atoms with E-state index in [9.17, 15) is 9.18 Å². The Morgan fingerprint density at radius 1 is 1.45 bits per heavy atom. The van der Waals surface area contributed by atoms with Crippen molar-refractivity contribution in [1.82, 2.24) is 9.88 Å². The van der Waals surface area contributed by atoms with Crippen LogP contribution in [0.2, 0.25) is 5.15 Å². The molecule has 1 aliphatic heterocycles. The standard InChI is InChI=1S/C15H21ClFN3O2/c1-15(2,3)22-14(21)20-6-4-9(5-7-20)12-11(18)8-10(17)13(16)19-12/h8-9H,4-7,18H2,1-3H3. The number of aromatic nitrogens is 1. The van der Waals surface area contributed by atoms with Gasteiger partial charge in [-0.25, -0.2) is 14.2 Å². The number of anilines is 1. The topological polar surface area (TPSA) is 68.5 Å². The molecule has 2 heterocycles. The summed E-state index contributed by atoms with van der Waals surface area (Å²) in [4.78, 5) is 17.7. The van der Waals surface area contributed by atoms with Crippen LogP contribution in [0.25, 0.3) is 0 Å². The van der Waals surface area contributed by atoms with Crippen LogP contribution >= 0.6 is 11.6 Å². The van der Waals surface area contributed by atoms with E-state index in [1.54, 1.807) is 4.90 Å². The van der Waals surface area contributed by atoms with Gasteiger partial charge in [0, 0.05) is 25.1 Å². The number of halogens is 2. The summed E-state index contributed by atoms with van der Waals surface area (Å²) in [6.07, 6.45) is 1.07. The Morgan fingerprint density at radius 3 is 2.59 bits per heavy atom. The normalized spacial score (nSPS) is 16.7. The maximum absolute atomic E-state index is 13.3. The van der Waals surface area contributed by atoms with Gasteiger partial charge in [-0.15, -0.1) is 0 Å². The molecule has 1 fully saturated rings. The first-order valence-corrected chi connectivity index (χ1v) is 7.64. The molecule has 2 N–H and O–H groups in total. The van der Waals surface area contributed by atoms with Gasteiger partial charge in [0.15, 0.2) is 11.0 Å². The molecule has 0 aliphatic carbocycles. The number of nitrogens with zero attached hydrogens (tertiary/aromatic N) is 2. The second kappa shape index (κ2) is 6.28. The molecule has 0 bridgehead atoms. The van der Waals surface area contributed by atoms with Crippen LogP contribution in [0, 0.1) is 5.82 Å². The fourth-order valence-corrected chi connectivity index (χ4v) is 2.63. The quantitative estimate of drug-likeness (QED) is 0.800. The number of hydrogen-bond donors (Lipinski definition) is 1. The third-order valence-electron chi connectivity index (χ3n) is 3.53. The minimum atomic E-state index is -0.617. The summed E-state index contributed by atoms with van der Waals surface area (Å²) in [5.41, 5.74) is 6.23. The molecule has 1 amide bonds. The van der Waals surface area contributed by atoms with Gasteiger partial charge < -0.3 is 15.4 Å². The molecule has 2 rings (SSSR count). The van der Waals surface area contributed by atoms with Gasteiger partial charge in [-0.1, -0.05) is 11.6 Å². The van der Waals surface area contributed by atoms with E-state index in [0.29, 0.717) is 37.3 Å². The molecular weight excluding hydrogens is 309 g/mol. The molecule has 1 aromatic heterocycles. The summed E-state index contributed by atoms with van der Waals surface area (Å²) < 4.78 is 18.7. The minimum absolute atomic E-state index is 0.0665. The highest BCUT2D eigenvalue weighted by molar-refractivity contribution is 6.29. The molecule has 0 radical (unpaired) electrons. The van der Waals surface area contributed by atoms with Crippen molar-refractivity contribution >= 4 is 23.4 Å². The number of likely N-dealkylation sites (tertiary alicyclic amines) is 1. The van der Waals surface area contributed by atoms with E-state index < -0.39 is 11.4 Å². The molecule has 1 saturated heterocycles. The van der Waals surface area contributed by atoms with Crippen molar-refractivity contribution in [2.45, 2.75) is 45.1 Å². The van der Waals surface area contributed by atoms with Gasteiger partial charge in [0.25, 0.3) is 0 Å². The van der Waals surface area contributed by atoms with E-state index in [1.807, 2.05) is 20.8 Å². The fourth-order valence-electron chi connectivity index (χ4n) is 2.48. The van der Waals surface area contributed by atoms with E-state index in [2.05, 4.69) is 4.98 Å². The molecule has 0 atom stereocenters. The minimum Gasteiger partial charge on any atom is -0.444 e. The highest BCUT2D eigenvalue weighted by atomic mass is 35.5. The zero-order valence-electron chi connectivity index (χ0n) is 13.0. The predicted octanol–water partition coefficient (Wildman–Crippen LogP) is 3.57. The van der Waals surface area contributed by atoms with Crippen LogP contribution in [0.4, 0.5) is 14.9 Å². The van der Waals surface area contributed by atoms with Crippen LogP contribution in [0.1, 0.15) is 45.2 Å². The highest BCUT2D eigenvalue weighted by Gasteiger charge is 2.29. The van der Waals surface area contributed by atoms with Crippen molar-refractivity contribution in [1.29, 1.82) is 0 Å². The highest BCUT2D eigenvalue weighted by Crippen LogP contribution is 2.32. The average Bonchev–Trinajstić information content (AvgIpc) is 2.41. The Balaban J connectivity index is 2.01. The number of pyridine rings is 1. The largest absolute Gasteiger partial charge is 0.444 e. The van der Waals surface area contributed by atoms with Crippen LogP contribution in [0.15, 0.2) is 6.07 Å². The van der Waals surface area contributed by atoms with E-state index in [-0.39, 0.29) is 17.2 Å². The number of ether oxygens (including phenoxy) is 1. The number of piperidine rings is 1. The first-order valence-electron chi connectivity index (χ1n) is 7.26. The number of amides is 1. The second-order valence-electron chi connectivity index (χ2n) is 6.48. The molecular formula is C15H21ClFN3O2. The van der Waals surface area contributed by atoms with Crippen molar-refractivity contribution in [3.8, 4) is 0 Å². The Kier molecular flexibility index (Phi) is 4.80. The Labute approximate surface area is 134 Å². The fraction of sp³-hybridized carbons (Fsp3) is 0.600. The van der Waals surface area contributed by atoms with Crippen molar-refractivity contribution in [2.75, 3.05) is 18.8 Å². The predicted molar refractivity (Wildman–Crippen MR) is 83.4 cm³/mol. The van der Waals surface area contributed by atoms with Crippen LogP contribution in [0.5, 0.6) is 0 Å². The summed E-state index contributed by atoms with van der Waals surface area (Å²) in [5, 5.41) is -0.168.